The number of hydrogen-bond donors (Lipinski definition) is 0. The lowest BCUT2D eigenvalue weighted by Crippen LogP contribution is -2.49. The zero-order valence-corrected chi connectivity index (χ0v) is 9.84. The van der Waals surface area contributed by atoms with E-state index in [1.807, 2.05) is 13.8 Å². The molecule has 13 heavy (non-hydrogen) atoms. The highest BCUT2D eigenvalue weighted by atomic mass is 16.5. The first-order valence-corrected chi connectivity index (χ1v) is 5.48. The minimum atomic E-state index is 0.527. The van der Waals surface area contributed by atoms with Crippen molar-refractivity contribution >= 4 is 0 Å². The SMILES string of the molecule is CC.CC(C)CCOC1CN(C)C1. The highest BCUT2D eigenvalue weighted by Gasteiger charge is 2.23. The Hall–Kier alpha value is -0.0800. The van der Waals surface area contributed by atoms with Gasteiger partial charge in [-0.25, -0.2) is 0 Å². The largest absolute Gasteiger partial charge is 0.376 e. The molecule has 2 heteroatoms. The normalized spacial score (nSPS) is 18.0. The van der Waals surface area contributed by atoms with E-state index in [0.29, 0.717) is 6.10 Å². The molecule has 80 valence electrons. The van der Waals surface area contributed by atoms with Crippen LogP contribution >= 0.6 is 0 Å². The summed E-state index contributed by atoms with van der Waals surface area (Å²) in [6, 6.07) is 0. The molecular formula is C11H25NO. The lowest BCUT2D eigenvalue weighted by Gasteiger charge is -2.35. The van der Waals surface area contributed by atoms with Gasteiger partial charge >= 0.3 is 0 Å². The predicted molar refractivity (Wildman–Crippen MR) is 58.0 cm³/mol. The van der Waals surface area contributed by atoms with E-state index in [1.54, 1.807) is 0 Å². The van der Waals surface area contributed by atoms with E-state index in [4.69, 9.17) is 4.74 Å². The second-order valence-electron chi connectivity index (χ2n) is 3.90. The molecule has 0 aromatic rings. The van der Waals surface area contributed by atoms with Gasteiger partial charge in [0.1, 0.15) is 0 Å². The summed E-state index contributed by atoms with van der Waals surface area (Å²) in [5.74, 6) is 0.771. The Kier molecular flexibility index (Phi) is 7.29. The maximum absolute atomic E-state index is 5.62. The fraction of sp³-hybridized carbons (Fsp3) is 1.00. The van der Waals surface area contributed by atoms with Gasteiger partial charge in [0.15, 0.2) is 0 Å². The zero-order valence-electron chi connectivity index (χ0n) is 9.84. The molecule has 2 nitrogen and oxygen atoms in total. The van der Waals surface area contributed by atoms with Crippen molar-refractivity contribution < 1.29 is 4.74 Å². The molecule has 1 saturated heterocycles. The number of ether oxygens (including phenoxy) is 1. The first-order valence-electron chi connectivity index (χ1n) is 5.48. The van der Waals surface area contributed by atoms with Gasteiger partial charge in [-0.1, -0.05) is 27.7 Å². The molecule has 0 saturated carbocycles. The van der Waals surface area contributed by atoms with Crippen LogP contribution in [0.15, 0.2) is 0 Å². The van der Waals surface area contributed by atoms with Crippen LogP contribution in [-0.4, -0.2) is 37.7 Å². The van der Waals surface area contributed by atoms with Gasteiger partial charge in [0.25, 0.3) is 0 Å². The van der Waals surface area contributed by atoms with Crippen LogP contribution in [0.2, 0.25) is 0 Å². The number of nitrogens with zero attached hydrogens (tertiary/aromatic N) is 1. The van der Waals surface area contributed by atoms with Gasteiger partial charge in [-0.3, -0.25) is 0 Å². The summed E-state index contributed by atoms with van der Waals surface area (Å²) in [6.07, 6.45) is 1.72. The molecule has 0 aromatic carbocycles. The smallest absolute Gasteiger partial charge is 0.0828 e. The molecule has 0 aromatic heterocycles. The third-order valence-corrected chi connectivity index (χ3v) is 2.08. The highest BCUT2D eigenvalue weighted by molar-refractivity contribution is 4.76. The molecule has 0 N–H and O–H groups in total. The fourth-order valence-electron chi connectivity index (χ4n) is 1.22. The molecule has 1 aliphatic heterocycles. The fourth-order valence-corrected chi connectivity index (χ4v) is 1.22. The molecule has 1 aliphatic rings. The van der Waals surface area contributed by atoms with Gasteiger partial charge < -0.3 is 9.64 Å². The first kappa shape index (κ1) is 12.9. The van der Waals surface area contributed by atoms with E-state index in [9.17, 15) is 0 Å². The average Bonchev–Trinajstić information content (AvgIpc) is 2.04. The molecule has 0 spiro atoms. The number of likely N-dealkylation sites (N-methyl/N-ethyl adjacent to an activating group) is 1. The number of likely N-dealkylation sites (tertiary alicyclic amines) is 1. The van der Waals surface area contributed by atoms with Crippen molar-refractivity contribution in [2.75, 3.05) is 26.7 Å². The van der Waals surface area contributed by atoms with Crippen molar-refractivity contribution in [1.82, 2.24) is 4.90 Å². The van der Waals surface area contributed by atoms with E-state index in [2.05, 4.69) is 25.8 Å². The van der Waals surface area contributed by atoms with E-state index in [1.165, 1.54) is 6.42 Å². The second kappa shape index (κ2) is 7.34. The van der Waals surface area contributed by atoms with Crippen LogP contribution in [0.5, 0.6) is 0 Å². The summed E-state index contributed by atoms with van der Waals surface area (Å²) in [5.41, 5.74) is 0. The lowest BCUT2D eigenvalue weighted by atomic mass is 10.1. The van der Waals surface area contributed by atoms with Gasteiger partial charge in [0.2, 0.25) is 0 Å². The Bertz CT molecular complexity index is 109. The second-order valence-corrected chi connectivity index (χ2v) is 3.90. The molecular weight excluding hydrogens is 162 g/mol. The quantitative estimate of drug-likeness (QED) is 0.670. The molecule has 1 rings (SSSR count). The maximum Gasteiger partial charge on any atom is 0.0828 e. The predicted octanol–water partition coefficient (Wildman–Crippen LogP) is 2.39. The Labute approximate surface area is 83.3 Å². The highest BCUT2D eigenvalue weighted by Crippen LogP contribution is 2.09. The van der Waals surface area contributed by atoms with Crippen LogP contribution in [0.1, 0.15) is 34.1 Å². The van der Waals surface area contributed by atoms with Gasteiger partial charge in [0.05, 0.1) is 6.10 Å². The van der Waals surface area contributed by atoms with Crippen molar-refractivity contribution in [2.24, 2.45) is 5.92 Å². The summed E-state index contributed by atoms with van der Waals surface area (Å²) in [5, 5.41) is 0. The Morgan fingerprint density at radius 3 is 2.23 bits per heavy atom. The Morgan fingerprint density at radius 1 is 1.31 bits per heavy atom. The van der Waals surface area contributed by atoms with Gasteiger partial charge in [-0.15, -0.1) is 0 Å². The standard InChI is InChI=1S/C9H19NO.C2H6/c1-8(2)4-5-11-9-6-10(3)7-9;1-2/h8-9H,4-7H2,1-3H3;1-2H3. The van der Waals surface area contributed by atoms with Crippen molar-refractivity contribution in [3.8, 4) is 0 Å². The summed E-state index contributed by atoms with van der Waals surface area (Å²) < 4.78 is 5.62. The average molecular weight is 187 g/mol. The molecule has 0 atom stereocenters. The van der Waals surface area contributed by atoms with Crippen molar-refractivity contribution in [2.45, 2.75) is 40.2 Å². The molecule has 0 radical (unpaired) electrons. The molecule has 1 fully saturated rings. The van der Waals surface area contributed by atoms with E-state index in [-0.39, 0.29) is 0 Å². The molecule has 0 bridgehead atoms. The van der Waals surface area contributed by atoms with Gasteiger partial charge in [0, 0.05) is 19.7 Å². The third kappa shape index (κ3) is 6.05. The monoisotopic (exact) mass is 187 g/mol. The van der Waals surface area contributed by atoms with Crippen molar-refractivity contribution in [1.29, 1.82) is 0 Å². The Morgan fingerprint density at radius 2 is 1.85 bits per heavy atom. The van der Waals surface area contributed by atoms with E-state index in [0.717, 1.165) is 25.6 Å². The minimum absolute atomic E-state index is 0.527. The van der Waals surface area contributed by atoms with Gasteiger partial charge in [-0.05, 0) is 19.4 Å². The first-order chi connectivity index (χ1) is 6.18. The summed E-state index contributed by atoms with van der Waals surface area (Å²) in [6.45, 7) is 11.7. The van der Waals surface area contributed by atoms with Crippen LogP contribution in [0.3, 0.4) is 0 Å². The Balaban J connectivity index is 0.000000671. The zero-order chi connectivity index (χ0) is 10.3. The molecule has 0 unspecified atom stereocenters. The molecule has 1 heterocycles. The lowest BCUT2D eigenvalue weighted by molar-refractivity contribution is -0.0460. The van der Waals surface area contributed by atoms with Crippen LogP contribution in [-0.2, 0) is 4.74 Å². The van der Waals surface area contributed by atoms with E-state index < -0.39 is 0 Å². The number of hydrogen-bond acceptors (Lipinski definition) is 2. The maximum atomic E-state index is 5.62. The van der Waals surface area contributed by atoms with Crippen molar-refractivity contribution in [3.05, 3.63) is 0 Å². The van der Waals surface area contributed by atoms with Crippen LogP contribution < -0.4 is 0 Å². The molecule has 0 amide bonds. The summed E-state index contributed by atoms with van der Waals surface area (Å²) >= 11 is 0. The summed E-state index contributed by atoms with van der Waals surface area (Å²) in [7, 11) is 2.13. The van der Waals surface area contributed by atoms with Crippen molar-refractivity contribution in [3.63, 3.8) is 0 Å². The van der Waals surface area contributed by atoms with Gasteiger partial charge in [-0.2, -0.15) is 0 Å². The van der Waals surface area contributed by atoms with Crippen LogP contribution in [0, 0.1) is 5.92 Å². The third-order valence-electron chi connectivity index (χ3n) is 2.08. The summed E-state index contributed by atoms with van der Waals surface area (Å²) in [4.78, 5) is 2.28. The minimum Gasteiger partial charge on any atom is -0.376 e. The molecule has 0 aliphatic carbocycles. The topological polar surface area (TPSA) is 12.5 Å². The van der Waals surface area contributed by atoms with Crippen LogP contribution in [0.25, 0.3) is 0 Å². The van der Waals surface area contributed by atoms with E-state index >= 15 is 0 Å². The van der Waals surface area contributed by atoms with Crippen LogP contribution in [0.4, 0.5) is 0 Å². The number of rotatable bonds is 4.